The predicted octanol–water partition coefficient (Wildman–Crippen LogP) is 3.46. The second-order valence-electron chi connectivity index (χ2n) is 5.30. The lowest BCUT2D eigenvalue weighted by Gasteiger charge is -2.11. The summed E-state index contributed by atoms with van der Waals surface area (Å²) in [6.45, 7) is 0.315. The quantitative estimate of drug-likeness (QED) is 0.873. The Balaban J connectivity index is 1.54. The Morgan fingerprint density at radius 2 is 1.67 bits per heavy atom. The Hall–Kier alpha value is -1.56. The summed E-state index contributed by atoms with van der Waals surface area (Å²) < 4.78 is 11.9. The van der Waals surface area contributed by atoms with E-state index >= 15 is 0 Å². The molecule has 0 bridgehead atoms. The molecule has 4 nitrogen and oxygen atoms in total. The largest absolute Gasteiger partial charge is 0.454 e. The summed E-state index contributed by atoms with van der Waals surface area (Å²) in [5.41, 5.74) is 9.23. The molecule has 2 aliphatic heterocycles. The van der Waals surface area contributed by atoms with Gasteiger partial charge < -0.3 is 9.47 Å². The number of benzene rings is 2. The minimum atomic E-state index is 0.267. The Morgan fingerprint density at radius 3 is 2.48 bits per heavy atom. The molecule has 2 atom stereocenters. The number of fused-ring (bicyclic) bond motifs is 1. The van der Waals surface area contributed by atoms with Crippen LogP contribution >= 0.6 is 15.9 Å². The monoisotopic (exact) mass is 346 g/mol. The molecule has 2 N–H and O–H groups in total. The third-order valence-corrected chi connectivity index (χ3v) is 4.45. The molecule has 2 heterocycles. The molecule has 21 heavy (non-hydrogen) atoms. The van der Waals surface area contributed by atoms with Crippen molar-refractivity contribution in [2.24, 2.45) is 0 Å². The van der Waals surface area contributed by atoms with Crippen molar-refractivity contribution in [1.82, 2.24) is 10.9 Å². The van der Waals surface area contributed by atoms with Crippen LogP contribution < -0.4 is 20.3 Å². The summed E-state index contributed by atoms with van der Waals surface area (Å²) in [6.07, 6.45) is 0.996. The van der Waals surface area contributed by atoms with Crippen LogP contribution in [0.3, 0.4) is 0 Å². The van der Waals surface area contributed by atoms with E-state index in [0.717, 1.165) is 22.4 Å². The van der Waals surface area contributed by atoms with E-state index < -0.39 is 0 Å². The van der Waals surface area contributed by atoms with Crippen molar-refractivity contribution in [2.75, 3.05) is 6.79 Å². The summed E-state index contributed by atoms with van der Waals surface area (Å²) >= 11 is 3.52. The van der Waals surface area contributed by atoms with Crippen LogP contribution in [0.15, 0.2) is 46.9 Å². The summed E-state index contributed by atoms with van der Waals surface area (Å²) in [7, 11) is 0. The van der Waals surface area contributed by atoms with Crippen molar-refractivity contribution in [3.63, 3.8) is 0 Å². The molecule has 0 spiro atoms. The molecule has 2 aromatic rings. The van der Waals surface area contributed by atoms with Gasteiger partial charge >= 0.3 is 0 Å². The lowest BCUT2D eigenvalue weighted by atomic mass is 9.97. The maximum Gasteiger partial charge on any atom is 0.231 e. The molecule has 0 saturated carbocycles. The molecule has 2 aromatic carbocycles. The first-order valence-electron chi connectivity index (χ1n) is 6.96. The van der Waals surface area contributed by atoms with Crippen LogP contribution in [0.25, 0.3) is 0 Å². The first-order valence-corrected chi connectivity index (χ1v) is 7.75. The highest BCUT2D eigenvalue weighted by molar-refractivity contribution is 9.10. The molecule has 0 amide bonds. The Morgan fingerprint density at radius 1 is 0.905 bits per heavy atom. The van der Waals surface area contributed by atoms with Crippen molar-refractivity contribution >= 4 is 15.9 Å². The van der Waals surface area contributed by atoms with Gasteiger partial charge in [-0.05, 0) is 41.8 Å². The minimum Gasteiger partial charge on any atom is -0.454 e. The Labute approximate surface area is 131 Å². The van der Waals surface area contributed by atoms with E-state index in [4.69, 9.17) is 9.47 Å². The van der Waals surface area contributed by atoms with E-state index in [1.807, 2.05) is 12.1 Å². The first kappa shape index (κ1) is 13.1. The standard InChI is InChI=1S/C16H15BrN2O2/c17-12-3-1-2-10(6-12)13-8-14(19-18-13)11-4-5-15-16(7-11)21-9-20-15/h1-7,13-14,18-19H,8-9H2. The van der Waals surface area contributed by atoms with Gasteiger partial charge in [0.2, 0.25) is 6.79 Å². The maximum atomic E-state index is 5.45. The summed E-state index contributed by atoms with van der Waals surface area (Å²) in [5, 5.41) is 0. The van der Waals surface area contributed by atoms with Gasteiger partial charge in [-0.2, -0.15) is 0 Å². The zero-order chi connectivity index (χ0) is 14.2. The van der Waals surface area contributed by atoms with E-state index in [0.29, 0.717) is 12.8 Å². The van der Waals surface area contributed by atoms with Gasteiger partial charge in [0.15, 0.2) is 11.5 Å². The molecule has 5 heteroatoms. The van der Waals surface area contributed by atoms with Crippen LogP contribution in [0.2, 0.25) is 0 Å². The molecule has 4 rings (SSSR count). The van der Waals surface area contributed by atoms with E-state index in [1.54, 1.807) is 0 Å². The number of ether oxygens (including phenoxy) is 2. The van der Waals surface area contributed by atoms with Crippen LogP contribution in [0.4, 0.5) is 0 Å². The predicted molar refractivity (Wildman–Crippen MR) is 83.1 cm³/mol. The fourth-order valence-corrected chi connectivity index (χ4v) is 3.26. The fourth-order valence-electron chi connectivity index (χ4n) is 2.85. The van der Waals surface area contributed by atoms with E-state index in [2.05, 4.69) is 57.1 Å². The highest BCUT2D eigenvalue weighted by Crippen LogP contribution is 2.37. The molecule has 108 valence electrons. The van der Waals surface area contributed by atoms with Crippen LogP contribution in [0, 0.1) is 0 Å². The molecular weight excluding hydrogens is 332 g/mol. The molecule has 1 fully saturated rings. The van der Waals surface area contributed by atoms with E-state index in [-0.39, 0.29) is 6.04 Å². The third kappa shape index (κ3) is 2.52. The number of hydrogen-bond donors (Lipinski definition) is 2. The molecule has 0 aliphatic carbocycles. The van der Waals surface area contributed by atoms with Gasteiger partial charge in [0.05, 0.1) is 0 Å². The second kappa shape index (κ2) is 5.33. The number of rotatable bonds is 2. The normalized spacial score (nSPS) is 23.5. The highest BCUT2D eigenvalue weighted by atomic mass is 79.9. The second-order valence-corrected chi connectivity index (χ2v) is 6.21. The fraction of sp³-hybridized carbons (Fsp3) is 0.250. The highest BCUT2D eigenvalue weighted by Gasteiger charge is 2.27. The van der Waals surface area contributed by atoms with Gasteiger partial charge in [0, 0.05) is 16.6 Å². The zero-order valence-electron chi connectivity index (χ0n) is 11.3. The minimum absolute atomic E-state index is 0.267. The lowest BCUT2D eigenvalue weighted by Crippen LogP contribution is -2.26. The van der Waals surface area contributed by atoms with Gasteiger partial charge in [-0.1, -0.05) is 34.1 Å². The van der Waals surface area contributed by atoms with Gasteiger partial charge in [-0.25, -0.2) is 10.9 Å². The number of hydrazine groups is 1. The smallest absolute Gasteiger partial charge is 0.231 e. The van der Waals surface area contributed by atoms with Crippen molar-refractivity contribution in [1.29, 1.82) is 0 Å². The summed E-state index contributed by atoms with van der Waals surface area (Å²) in [4.78, 5) is 0. The molecule has 2 unspecified atom stereocenters. The van der Waals surface area contributed by atoms with Crippen LogP contribution in [-0.4, -0.2) is 6.79 Å². The number of halogens is 1. The topological polar surface area (TPSA) is 42.5 Å². The summed E-state index contributed by atoms with van der Waals surface area (Å²) in [5.74, 6) is 1.66. The molecule has 2 aliphatic rings. The molecular formula is C16H15BrN2O2. The van der Waals surface area contributed by atoms with Gasteiger partial charge in [-0.3, -0.25) is 0 Å². The Bertz CT molecular complexity index is 677. The average Bonchev–Trinajstić information content (AvgIpc) is 3.15. The molecule has 0 radical (unpaired) electrons. The van der Waals surface area contributed by atoms with Crippen molar-refractivity contribution in [3.8, 4) is 11.5 Å². The van der Waals surface area contributed by atoms with Crippen molar-refractivity contribution < 1.29 is 9.47 Å². The average molecular weight is 347 g/mol. The van der Waals surface area contributed by atoms with Crippen molar-refractivity contribution in [3.05, 3.63) is 58.1 Å². The zero-order valence-corrected chi connectivity index (χ0v) is 12.9. The maximum absolute atomic E-state index is 5.45. The van der Waals surface area contributed by atoms with Crippen molar-refractivity contribution in [2.45, 2.75) is 18.5 Å². The van der Waals surface area contributed by atoms with E-state index in [1.165, 1.54) is 11.1 Å². The molecule has 0 aromatic heterocycles. The number of nitrogens with one attached hydrogen (secondary N) is 2. The van der Waals surface area contributed by atoms with Gasteiger partial charge in [0.25, 0.3) is 0 Å². The SMILES string of the molecule is Brc1cccc(C2CC(c3ccc4c(c3)OCO4)NN2)c1. The lowest BCUT2D eigenvalue weighted by molar-refractivity contribution is 0.174. The first-order chi connectivity index (χ1) is 10.3. The van der Waals surface area contributed by atoms with Gasteiger partial charge in [0.1, 0.15) is 0 Å². The summed E-state index contributed by atoms with van der Waals surface area (Å²) in [6, 6.07) is 15.1. The van der Waals surface area contributed by atoms with Crippen LogP contribution in [-0.2, 0) is 0 Å². The van der Waals surface area contributed by atoms with E-state index in [9.17, 15) is 0 Å². The Kier molecular flexibility index (Phi) is 3.33. The third-order valence-electron chi connectivity index (χ3n) is 3.95. The van der Waals surface area contributed by atoms with Crippen LogP contribution in [0.5, 0.6) is 11.5 Å². The van der Waals surface area contributed by atoms with Gasteiger partial charge in [-0.15, -0.1) is 0 Å². The number of hydrogen-bond acceptors (Lipinski definition) is 4. The molecule has 1 saturated heterocycles. The van der Waals surface area contributed by atoms with Crippen LogP contribution in [0.1, 0.15) is 29.6 Å².